The fourth-order valence-electron chi connectivity index (χ4n) is 3.09. The average Bonchev–Trinajstić information content (AvgIpc) is 3.32. The number of hydrogen-bond donors (Lipinski definition) is 0. The summed E-state index contributed by atoms with van der Waals surface area (Å²) in [6.07, 6.45) is 2.59. The van der Waals surface area contributed by atoms with E-state index >= 15 is 0 Å². The lowest BCUT2D eigenvalue weighted by molar-refractivity contribution is 0.701. The van der Waals surface area contributed by atoms with Crippen LogP contribution in [0, 0.1) is 0 Å². The maximum atomic E-state index is 12.5. The van der Waals surface area contributed by atoms with Gasteiger partial charge in [0.05, 0.1) is 18.6 Å². The summed E-state index contributed by atoms with van der Waals surface area (Å²) in [5.41, 5.74) is 3.28. The van der Waals surface area contributed by atoms with E-state index < -0.39 is 0 Å². The van der Waals surface area contributed by atoms with Crippen LogP contribution in [0.15, 0.2) is 45.6 Å². The molecule has 1 aromatic carbocycles. The largest absolute Gasteiger partial charge is 0.332 e. The SMILES string of the molecule is CCc1ccc(-c2nc(Cn3cnc4c3c(=O)n(C)c(=O)n4C)cs2)cc1. The Morgan fingerprint density at radius 1 is 1.07 bits per heavy atom. The van der Waals surface area contributed by atoms with Crippen molar-refractivity contribution in [3.05, 3.63) is 68.1 Å². The van der Waals surface area contributed by atoms with E-state index in [2.05, 4.69) is 36.2 Å². The van der Waals surface area contributed by atoms with Crippen molar-refractivity contribution in [1.82, 2.24) is 23.7 Å². The molecule has 0 aliphatic heterocycles. The minimum Gasteiger partial charge on any atom is -0.319 e. The lowest BCUT2D eigenvalue weighted by atomic mass is 10.1. The Balaban J connectivity index is 1.70. The summed E-state index contributed by atoms with van der Waals surface area (Å²) < 4.78 is 4.23. The summed E-state index contributed by atoms with van der Waals surface area (Å²) in [7, 11) is 3.09. The summed E-state index contributed by atoms with van der Waals surface area (Å²) >= 11 is 1.57. The molecule has 7 nitrogen and oxygen atoms in total. The second-order valence-electron chi connectivity index (χ2n) is 6.44. The number of fused-ring (bicyclic) bond motifs is 1. The maximum absolute atomic E-state index is 12.5. The molecule has 0 bridgehead atoms. The van der Waals surface area contributed by atoms with Crippen LogP contribution in [0.1, 0.15) is 18.2 Å². The van der Waals surface area contributed by atoms with E-state index in [1.165, 1.54) is 17.2 Å². The van der Waals surface area contributed by atoms with Crippen LogP contribution in [0.25, 0.3) is 21.7 Å². The molecule has 3 heterocycles. The normalized spacial score (nSPS) is 11.4. The third-order valence-electron chi connectivity index (χ3n) is 4.71. The summed E-state index contributed by atoms with van der Waals surface area (Å²) in [5.74, 6) is 0. The van der Waals surface area contributed by atoms with Gasteiger partial charge in [-0.05, 0) is 12.0 Å². The van der Waals surface area contributed by atoms with E-state index in [0.29, 0.717) is 17.7 Å². The number of aromatic nitrogens is 5. The average molecular weight is 381 g/mol. The highest BCUT2D eigenvalue weighted by molar-refractivity contribution is 7.13. The lowest BCUT2D eigenvalue weighted by Gasteiger charge is -2.05. The highest BCUT2D eigenvalue weighted by Crippen LogP contribution is 2.25. The van der Waals surface area contributed by atoms with Gasteiger partial charge in [-0.3, -0.25) is 13.9 Å². The number of aryl methyl sites for hydroxylation is 2. The summed E-state index contributed by atoms with van der Waals surface area (Å²) in [4.78, 5) is 33.5. The Labute approximate surface area is 159 Å². The van der Waals surface area contributed by atoms with Crippen molar-refractivity contribution in [2.45, 2.75) is 19.9 Å². The number of benzene rings is 1. The highest BCUT2D eigenvalue weighted by atomic mass is 32.1. The molecule has 0 radical (unpaired) electrons. The first-order valence-corrected chi connectivity index (χ1v) is 9.52. The molecule has 3 aromatic heterocycles. The molecular formula is C19H19N5O2S. The Kier molecular flexibility index (Phi) is 4.27. The van der Waals surface area contributed by atoms with Gasteiger partial charge >= 0.3 is 5.69 Å². The highest BCUT2D eigenvalue weighted by Gasteiger charge is 2.15. The molecule has 0 fully saturated rings. The molecule has 0 unspecified atom stereocenters. The standard InChI is InChI=1S/C19H19N5O2S/c1-4-12-5-7-13(8-6-12)17-21-14(10-27-17)9-24-11-20-16-15(24)18(25)23(3)19(26)22(16)2/h5-8,10-11H,4,9H2,1-3H3. The number of hydrogen-bond acceptors (Lipinski definition) is 5. The zero-order chi connectivity index (χ0) is 19.1. The summed E-state index contributed by atoms with van der Waals surface area (Å²) in [5, 5.41) is 2.93. The molecular weight excluding hydrogens is 362 g/mol. The van der Waals surface area contributed by atoms with E-state index in [4.69, 9.17) is 4.98 Å². The van der Waals surface area contributed by atoms with E-state index in [-0.39, 0.29) is 11.2 Å². The topological polar surface area (TPSA) is 74.7 Å². The van der Waals surface area contributed by atoms with Crippen LogP contribution in [-0.2, 0) is 27.1 Å². The zero-order valence-electron chi connectivity index (χ0n) is 15.3. The summed E-state index contributed by atoms with van der Waals surface area (Å²) in [6, 6.07) is 8.40. The van der Waals surface area contributed by atoms with Gasteiger partial charge in [-0.1, -0.05) is 31.2 Å². The van der Waals surface area contributed by atoms with Crippen LogP contribution in [0.3, 0.4) is 0 Å². The Morgan fingerprint density at radius 2 is 1.81 bits per heavy atom. The molecule has 0 saturated carbocycles. The molecule has 4 aromatic rings. The molecule has 0 amide bonds. The number of imidazole rings is 1. The molecule has 0 N–H and O–H groups in total. The predicted molar refractivity (Wildman–Crippen MR) is 106 cm³/mol. The van der Waals surface area contributed by atoms with Gasteiger partial charge in [-0.25, -0.2) is 14.8 Å². The fraction of sp³-hybridized carbons (Fsp3) is 0.263. The van der Waals surface area contributed by atoms with Gasteiger partial charge < -0.3 is 4.57 Å². The molecule has 0 aliphatic rings. The molecule has 4 rings (SSSR count). The zero-order valence-corrected chi connectivity index (χ0v) is 16.2. The van der Waals surface area contributed by atoms with E-state index in [1.807, 2.05) is 5.38 Å². The second kappa shape index (κ2) is 6.62. The van der Waals surface area contributed by atoms with Crippen LogP contribution < -0.4 is 11.2 Å². The van der Waals surface area contributed by atoms with Crippen LogP contribution >= 0.6 is 11.3 Å². The molecule has 0 saturated heterocycles. The van der Waals surface area contributed by atoms with Gasteiger partial charge in [0.15, 0.2) is 11.2 Å². The van der Waals surface area contributed by atoms with Gasteiger partial charge in [-0.2, -0.15) is 0 Å². The molecule has 27 heavy (non-hydrogen) atoms. The van der Waals surface area contributed by atoms with Crippen molar-refractivity contribution in [2.24, 2.45) is 14.1 Å². The van der Waals surface area contributed by atoms with Crippen molar-refractivity contribution in [2.75, 3.05) is 0 Å². The first-order valence-electron chi connectivity index (χ1n) is 8.64. The fourth-order valence-corrected chi connectivity index (χ4v) is 3.90. The van der Waals surface area contributed by atoms with Crippen molar-refractivity contribution >= 4 is 22.5 Å². The van der Waals surface area contributed by atoms with Crippen molar-refractivity contribution in [3.63, 3.8) is 0 Å². The van der Waals surface area contributed by atoms with Gasteiger partial charge in [0.1, 0.15) is 5.01 Å². The third kappa shape index (κ3) is 2.91. The monoisotopic (exact) mass is 381 g/mol. The third-order valence-corrected chi connectivity index (χ3v) is 5.65. The van der Waals surface area contributed by atoms with Crippen molar-refractivity contribution in [3.8, 4) is 10.6 Å². The molecule has 0 spiro atoms. The number of nitrogens with zero attached hydrogens (tertiary/aromatic N) is 5. The molecule has 138 valence electrons. The Hall–Kier alpha value is -3.00. The Morgan fingerprint density at radius 3 is 2.52 bits per heavy atom. The van der Waals surface area contributed by atoms with Gasteiger partial charge in [0, 0.05) is 25.0 Å². The minimum atomic E-state index is -0.385. The van der Waals surface area contributed by atoms with Crippen LogP contribution in [0.4, 0.5) is 0 Å². The second-order valence-corrected chi connectivity index (χ2v) is 7.30. The van der Waals surface area contributed by atoms with Gasteiger partial charge in [-0.15, -0.1) is 11.3 Å². The van der Waals surface area contributed by atoms with Gasteiger partial charge in [0.25, 0.3) is 5.56 Å². The Bertz CT molecular complexity index is 1240. The first-order chi connectivity index (χ1) is 13.0. The minimum absolute atomic E-state index is 0.351. The smallest absolute Gasteiger partial charge is 0.319 e. The van der Waals surface area contributed by atoms with Crippen LogP contribution in [0.5, 0.6) is 0 Å². The maximum Gasteiger partial charge on any atom is 0.332 e. The van der Waals surface area contributed by atoms with Crippen molar-refractivity contribution < 1.29 is 0 Å². The number of thiazole rings is 1. The molecule has 0 atom stereocenters. The summed E-state index contributed by atoms with van der Waals surface area (Å²) in [6.45, 7) is 2.56. The van der Waals surface area contributed by atoms with Crippen molar-refractivity contribution in [1.29, 1.82) is 0 Å². The van der Waals surface area contributed by atoms with E-state index in [1.54, 1.807) is 29.3 Å². The molecule has 0 aliphatic carbocycles. The lowest BCUT2D eigenvalue weighted by Crippen LogP contribution is -2.37. The predicted octanol–water partition coefficient (Wildman–Crippen LogP) is 2.17. The first kappa shape index (κ1) is 17.4. The number of rotatable bonds is 4. The van der Waals surface area contributed by atoms with E-state index in [9.17, 15) is 9.59 Å². The quantitative estimate of drug-likeness (QED) is 0.543. The molecule has 8 heteroatoms. The van der Waals surface area contributed by atoms with Crippen LogP contribution in [0.2, 0.25) is 0 Å². The van der Waals surface area contributed by atoms with Gasteiger partial charge in [0.2, 0.25) is 0 Å². The van der Waals surface area contributed by atoms with Crippen LogP contribution in [-0.4, -0.2) is 23.7 Å². The van der Waals surface area contributed by atoms with E-state index in [0.717, 1.165) is 27.3 Å².